The fourth-order valence-electron chi connectivity index (χ4n) is 12.6. The summed E-state index contributed by atoms with van der Waals surface area (Å²) >= 11 is 0. The van der Waals surface area contributed by atoms with Crippen LogP contribution in [-0.4, -0.2) is 66.8 Å². The van der Waals surface area contributed by atoms with E-state index in [1.165, 1.54) is 0 Å². The SMILES string of the molecule is C[C@@H]1CC[C@H]2[C@@H](C)C(CC(CC3O[C@@H]4O[C@]5(C)CC[C@@H]6[C@@H](C)CC[C@H]([C@@H]3C)[C@]46OO5)CS(=O)(=O)c3ccc(CO)cc3)O[C@H]3O[C@@]4(C)CC[C@@H]1[C@]32OO4. The number of sulfone groups is 1. The van der Waals surface area contributed by atoms with Crippen LogP contribution >= 0.6 is 0 Å². The van der Waals surface area contributed by atoms with Crippen molar-refractivity contribution in [3.8, 4) is 0 Å². The minimum atomic E-state index is -3.71. The second-order valence-electron chi connectivity index (χ2n) is 18.8. The zero-order chi connectivity index (χ0) is 37.1. The molecule has 1 aromatic rings. The number of aliphatic hydroxyl groups is 1. The van der Waals surface area contributed by atoms with Gasteiger partial charge in [-0.1, -0.05) is 39.8 Å². The van der Waals surface area contributed by atoms with Crippen LogP contribution in [0, 0.1) is 53.3 Å². The number of hydrogen-bond acceptors (Lipinski definition) is 11. The van der Waals surface area contributed by atoms with E-state index in [9.17, 15) is 13.5 Å². The third-order valence-electron chi connectivity index (χ3n) is 15.6. The summed E-state index contributed by atoms with van der Waals surface area (Å²) in [6, 6.07) is 6.59. The van der Waals surface area contributed by atoms with Crippen LogP contribution in [0.15, 0.2) is 29.2 Å². The summed E-state index contributed by atoms with van der Waals surface area (Å²) in [7, 11) is -3.71. The molecule has 8 aliphatic heterocycles. The van der Waals surface area contributed by atoms with E-state index in [4.69, 9.17) is 38.5 Å². The largest absolute Gasteiger partial charge is 0.392 e. The highest BCUT2D eigenvalue weighted by molar-refractivity contribution is 7.91. The molecule has 8 heterocycles. The zero-order valence-electron chi connectivity index (χ0n) is 32.2. The van der Waals surface area contributed by atoms with Gasteiger partial charge in [0.05, 0.1) is 29.5 Å². The molecule has 8 saturated heterocycles. The van der Waals surface area contributed by atoms with Gasteiger partial charge in [0.25, 0.3) is 0 Å². The fourth-order valence-corrected chi connectivity index (χ4v) is 14.2. The first-order valence-electron chi connectivity index (χ1n) is 20.5. The van der Waals surface area contributed by atoms with Gasteiger partial charge in [-0.05, 0) is 124 Å². The van der Waals surface area contributed by atoms with Crippen molar-refractivity contribution in [1.29, 1.82) is 0 Å². The first kappa shape index (κ1) is 37.4. The Kier molecular flexibility index (Phi) is 9.30. The first-order valence-corrected chi connectivity index (χ1v) is 22.2. The molecule has 10 aliphatic rings. The number of rotatable bonds is 8. The highest BCUT2D eigenvalue weighted by atomic mass is 32.2. The Morgan fingerprint density at radius 2 is 1.15 bits per heavy atom. The van der Waals surface area contributed by atoms with Gasteiger partial charge in [-0.25, -0.2) is 28.0 Å². The summed E-state index contributed by atoms with van der Waals surface area (Å²) < 4.78 is 56.0. The standard InChI is InChI=1S/C41H60O11S/c1-23-7-13-32-25(3)34(45-36-40(32)30(23)15-17-38(5,47-36)49-51-40)19-28(22-53(43,44)29-11-9-27(21-42)10-12-29)20-35-26(4)33-14-8-24(2)31-16-18-39(6)48-37(46-35)41(31,33)52-50-39/h9-12,23-26,28,30-37,42H,7-8,13-22H2,1-6H3/t23-,24+,25-,26+,28?,30+,31-,32+,33-,34?,35?,36+,37-,38-,39+,40-,41+. The molecule has 12 heteroatoms. The van der Waals surface area contributed by atoms with E-state index >= 15 is 0 Å². The van der Waals surface area contributed by atoms with E-state index in [1.807, 2.05) is 13.8 Å². The van der Waals surface area contributed by atoms with E-state index in [1.54, 1.807) is 24.3 Å². The molecule has 0 radical (unpaired) electrons. The molecule has 53 heavy (non-hydrogen) atoms. The Morgan fingerprint density at radius 1 is 0.679 bits per heavy atom. The highest BCUT2D eigenvalue weighted by Gasteiger charge is 2.71. The number of benzene rings is 1. The Morgan fingerprint density at radius 3 is 1.60 bits per heavy atom. The van der Waals surface area contributed by atoms with E-state index in [0.717, 1.165) is 51.4 Å². The first-order chi connectivity index (χ1) is 25.2. The van der Waals surface area contributed by atoms with Gasteiger partial charge >= 0.3 is 0 Å². The average molecular weight is 761 g/mol. The maximum Gasteiger partial charge on any atom is 0.201 e. The summed E-state index contributed by atoms with van der Waals surface area (Å²) in [5.74, 6) is -0.215. The van der Waals surface area contributed by atoms with Crippen molar-refractivity contribution in [1.82, 2.24) is 0 Å². The average Bonchev–Trinajstić information content (AvgIpc) is 3.50. The molecule has 1 aromatic carbocycles. The maximum atomic E-state index is 14.3. The van der Waals surface area contributed by atoms with Crippen molar-refractivity contribution in [2.45, 2.75) is 165 Å². The van der Waals surface area contributed by atoms with Gasteiger partial charge in [-0.15, -0.1) is 0 Å². The Hall–Kier alpha value is -1.19. The molecule has 0 amide bonds. The predicted octanol–water partition coefficient (Wildman–Crippen LogP) is 6.85. The molecule has 2 spiro atoms. The molecule has 2 aliphatic carbocycles. The summed E-state index contributed by atoms with van der Waals surface area (Å²) in [6.07, 6.45) is 6.92. The number of hydrogen-bond donors (Lipinski definition) is 1. The Labute approximate surface area is 314 Å². The van der Waals surface area contributed by atoms with Gasteiger partial charge < -0.3 is 24.1 Å². The zero-order valence-corrected chi connectivity index (χ0v) is 33.1. The Bertz CT molecular complexity index is 1560. The van der Waals surface area contributed by atoms with Gasteiger partial charge in [0.1, 0.15) is 0 Å². The Balaban J connectivity index is 1.03. The molecule has 4 bridgehead atoms. The van der Waals surface area contributed by atoms with Crippen LogP contribution in [-0.2, 0) is 54.9 Å². The van der Waals surface area contributed by atoms with E-state index in [0.29, 0.717) is 30.2 Å². The number of fused-ring (bicyclic) bond motifs is 4. The van der Waals surface area contributed by atoms with E-state index < -0.39 is 45.2 Å². The van der Waals surface area contributed by atoms with Crippen molar-refractivity contribution in [3.05, 3.63) is 29.8 Å². The molecular weight excluding hydrogens is 701 g/mol. The van der Waals surface area contributed by atoms with Crippen LogP contribution in [0.3, 0.4) is 0 Å². The van der Waals surface area contributed by atoms with Crippen molar-refractivity contribution in [3.63, 3.8) is 0 Å². The molecule has 11 rings (SSSR count). The second kappa shape index (κ2) is 13.2. The minimum Gasteiger partial charge on any atom is -0.392 e. The van der Waals surface area contributed by atoms with E-state index in [-0.39, 0.29) is 70.9 Å². The highest BCUT2D eigenvalue weighted by Crippen LogP contribution is 2.63. The van der Waals surface area contributed by atoms with Crippen LogP contribution in [0.5, 0.6) is 0 Å². The van der Waals surface area contributed by atoms with Crippen LogP contribution in [0.25, 0.3) is 0 Å². The molecule has 11 nitrogen and oxygen atoms in total. The van der Waals surface area contributed by atoms with Crippen molar-refractivity contribution in [2.75, 3.05) is 5.75 Å². The quantitative estimate of drug-likeness (QED) is 0.280. The van der Waals surface area contributed by atoms with Gasteiger partial charge in [0.15, 0.2) is 33.6 Å². The summed E-state index contributed by atoms with van der Waals surface area (Å²) in [4.78, 5) is 25.2. The van der Waals surface area contributed by atoms with E-state index in [2.05, 4.69) is 27.7 Å². The normalized spacial score (nSPS) is 50.8. The smallest absolute Gasteiger partial charge is 0.201 e. The second-order valence-corrected chi connectivity index (χ2v) is 20.8. The lowest BCUT2D eigenvalue weighted by Gasteiger charge is -2.61. The predicted molar refractivity (Wildman–Crippen MR) is 191 cm³/mol. The molecule has 1 N–H and O–H groups in total. The molecule has 3 unspecified atom stereocenters. The summed E-state index contributed by atoms with van der Waals surface area (Å²) in [5.41, 5.74) is -0.692. The lowest BCUT2D eigenvalue weighted by molar-refractivity contribution is -0.571. The molecule has 296 valence electrons. The molecule has 0 aromatic heterocycles. The third kappa shape index (κ3) is 5.85. The van der Waals surface area contributed by atoms with Gasteiger partial charge in [0.2, 0.25) is 11.6 Å². The molecule has 10 fully saturated rings. The van der Waals surface area contributed by atoms with Gasteiger partial charge in [0, 0.05) is 24.7 Å². The molecular formula is C41H60O11S. The van der Waals surface area contributed by atoms with Crippen LogP contribution in [0.1, 0.15) is 111 Å². The van der Waals surface area contributed by atoms with Crippen molar-refractivity contribution < 1.29 is 52.0 Å². The number of ether oxygens (including phenoxy) is 4. The van der Waals surface area contributed by atoms with Gasteiger partial charge in [-0.2, -0.15) is 0 Å². The summed E-state index contributed by atoms with van der Waals surface area (Å²) in [5, 5.41) is 9.62. The monoisotopic (exact) mass is 760 g/mol. The molecule has 17 atom stereocenters. The maximum absolute atomic E-state index is 14.3. The van der Waals surface area contributed by atoms with Crippen LogP contribution < -0.4 is 0 Å². The van der Waals surface area contributed by atoms with Crippen LogP contribution in [0.4, 0.5) is 0 Å². The number of aliphatic hydroxyl groups excluding tert-OH is 1. The van der Waals surface area contributed by atoms with Crippen LogP contribution in [0.2, 0.25) is 0 Å². The fraction of sp³-hybridized carbons (Fsp3) is 0.854. The lowest BCUT2D eigenvalue weighted by Crippen LogP contribution is -2.70. The van der Waals surface area contributed by atoms with Crippen molar-refractivity contribution >= 4 is 9.84 Å². The summed E-state index contributed by atoms with van der Waals surface area (Å²) in [6.45, 7) is 12.8. The lowest BCUT2D eigenvalue weighted by atomic mass is 9.56. The molecule has 2 saturated carbocycles. The van der Waals surface area contributed by atoms with Gasteiger partial charge in [-0.3, -0.25) is 0 Å². The topological polar surface area (TPSA) is 128 Å². The minimum absolute atomic E-state index is 0.0543. The van der Waals surface area contributed by atoms with Crippen molar-refractivity contribution in [2.24, 2.45) is 53.3 Å². The third-order valence-corrected chi connectivity index (χ3v) is 17.5.